The molecule has 1 nitrogen and oxygen atoms in total. The summed E-state index contributed by atoms with van der Waals surface area (Å²) >= 11 is 8.77. The second-order valence-electron chi connectivity index (χ2n) is 4.01. The maximum absolute atomic E-state index is 3.51. The molecule has 1 aromatic carbocycles. The molecule has 0 saturated heterocycles. The van der Waals surface area contributed by atoms with Crippen molar-refractivity contribution in [3.63, 3.8) is 0 Å². The molecule has 0 amide bonds. The summed E-state index contributed by atoms with van der Waals surface area (Å²) in [5, 5.41) is 3.48. The van der Waals surface area contributed by atoms with Gasteiger partial charge in [0.25, 0.3) is 0 Å². The van der Waals surface area contributed by atoms with Crippen LogP contribution in [0.3, 0.4) is 0 Å². The van der Waals surface area contributed by atoms with E-state index < -0.39 is 0 Å². The van der Waals surface area contributed by atoms with E-state index >= 15 is 0 Å². The van der Waals surface area contributed by atoms with Crippen LogP contribution in [0.1, 0.15) is 16.0 Å². The van der Waals surface area contributed by atoms with Crippen molar-refractivity contribution in [2.24, 2.45) is 0 Å². The molecule has 4 heteroatoms. The van der Waals surface area contributed by atoms with Crippen LogP contribution in [0.15, 0.2) is 32.5 Å². The van der Waals surface area contributed by atoms with Crippen molar-refractivity contribution in [3.05, 3.63) is 48.5 Å². The fraction of sp³-hybridized carbons (Fsp3) is 0.231. The van der Waals surface area contributed by atoms with Gasteiger partial charge in [-0.05, 0) is 69.0 Å². The fourth-order valence-corrected chi connectivity index (χ4v) is 3.70. The lowest BCUT2D eigenvalue weighted by Gasteiger charge is -2.09. The average Bonchev–Trinajstić information content (AvgIpc) is 2.60. The van der Waals surface area contributed by atoms with Crippen LogP contribution in [0.2, 0.25) is 0 Å². The lowest BCUT2D eigenvalue weighted by atomic mass is 10.1. The van der Waals surface area contributed by atoms with Gasteiger partial charge >= 0.3 is 0 Å². The molecule has 1 heterocycles. The summed E-state index contributed by atoms with van der Waals surface area (Å²) in [7, 11) is 0. The first-order valence-electron chi connectivity index (χ1n) is 5.31. The van der Waals surface area contributed by atoms with Gasteiger partial charge in [0.2, 0.25) is 0 Å². The molecule has 2 rings (SSSR count). The minimum atomic E-state index is 0.860. The van der Waals surface area contributed by atoms with Gasteiger partial charge in [0, 0.05) is 21.6 Å². The molecule has 0 saturated carbocycles. The number of rotatable bonds is 3. The van der Waals surface area contributed by atoms with E-state index in [4.69, 9.17) is 0 Å². The highest BCUT2D eigenvalue weighted by atomic mass is 79.9. The van der Waals surface area contributed by atoms with Gasteiger partial charge in [0.1, 0.15) is 0 Å². The molecule has 0 aliphatic carbocycles. The molecule has 1 N–H and O–H groups in total. The van der Waals surface area contributed by atoms with Crippen LogP contribution in [0.4, 0.5) is 5.69 Å². The Hall–Kier alpha value is -0.320. The molecule has 17 heavy (non-hydrogen) atoms. The number of hydrogen-bond donors (Lipinski definition) is 1. The number of anilines is 1. The van der Waals surface area contributed by atoms with Crippen molar-refractivity contribution in [2.45, 2.75) is 20.4 Å². The van der Waals surface area contributed by atoms with E-state index in [1.807, 2.05) is 0 Å². The van der Waals surface area contributed by atoms with Gasteiger partial charge in [0.05, 0.1) is 3.79 Å². The molecule has 2 aromatic rings. The van der Waals surface area contributed by atoms with Gasteiger partial charge in [-0.2, -0.15) is 0 Å². The summed E-state index contributed by atoms with van der Waals surface area (Å²) in [6, 6.07) is 8.62. The van der Waals surface area contributed by atoms with Crippen LogP contribution in [0, 0.1) is 13.8 Å². The monoisotopic (exact) mass is 373 g/mol. The first-order valence-corrected chi connectivity index (χ1v) is 7.71. The summed E-state index contributed by atoms with van der Waals surface area (Å²) in [6.45, 7) is 5.10. The largest absolute Gasteiger partial charge is 0.380 e. The maximum Gasteiger partial charge on any atom is 0.0843 e. The topological polar surface area (TPSA) is 12.0 Å². The number of aryl methyl sites for hydroxylation is 2. The van der Waals surface area contributed by atoms with E-state index in [-0.39, 0.29) is 0 Å². The van der Waals surface area contributed by atoms with Crippen molar-refractivity contribution >= 4 is 48.9 Å². The molecule has 0 bridgehead atoms. The van der Waals surface area contributed by atoms with Gasteiger partial charge in [-0.1, -0.05) is 12.1 Å². The molecular weight excluding hydrogens is 362 g/mol. The number of benzene rings is 1. The van der Waals surface area contributed by atoms with E-state index in [0.29, 0.717) is 0 Å². The third-order valence-electron chi connectivity index (χ3n) is 2.54. The van der Waals surface area contributed by atoms with E-state index in [1.165, 1.54) is 21.7 Å². The number of nitrogens with one attached hydrogen (secondary N) is 1. The van der Waals surface area contributed by atoms with Gasteiger partial charge in [-0.3, -0.25) is 0 Å². The first kappa shape index (κ1) is 13.1. The molecule has 0 atom stereocenters. The Bertz CT molecular complexity index is 515. The molecule has 0 unspecified atom stereocenters. The molecule has 90 valence electrons. The number of thiophene rings is 1. The molecule has 0 aliphatic heterocycles. The summed E-state index contributed by atoms with van der Waals surface area (Å²) in [4.78, 5) is 1.31. The summed E-state index contributed by atoms with van der Waals surface area (Å²) in [5.74, 6) is 0. The minimum absolute atomic E-state index is 0.860. The highest BCUT2D eigenvalue weighted by Crippen LogP contribution is 2.32. The Balaban J connectivity index is 2.09. The number of halogens is 2. The molecule has 0 radical (unpaired) electrons. The highest BCUT2D eigenvalue weighted by molar-refractivity contribution is 9.13. The smallest absolute Gasteiger partial charge is 0.0843 e. The van der Waals surface area contributed by atoms with E-state index in [1.54, 1.807) is 11.3 Å². The zero-order valence-electron chi connectivity index (χ0n) is 9.68. The zero-order valence-corrected chi connectivity index (χ0v) is 13.7. The van der Waals surface area contributed by atoms with E-state index in [2.05, 4.69) is 75.3 Å². The molecule has 0 aliphatic rings. The predicted molar refractivity (Wildman–Crippen MR) is 83.0 cm³/mol. The van der Waals surface area contributed by atoms with E-state index in [9.17, 15) is 0 Å². The van der Waals surface area contributed by atoms with Crippen LogP contribution in [0.25, 0.3) is 0 Å². The van der Waals surface area contributed by atoms with Crippen molar-refractivity contribution in [2.75, 3.05) is 5.32 Å². The second-order valence-corrected chi connectivity index (χ2v) is 7.32. The SMILES string of the molecule is Cc1ccc(C)c(NCc2cc(Br)c(Br)s2)c1. The summed E-state index contributed by atoms with van der Waals surface area (Å²) < 4.78 is 2.27. The van der Waals surface area contributed by atoms with E-state index in [0.717, 1.165) is 14.8 Å². The van der Waals surface area contributed by atoms with Crippen molar-refractivity contribution < 1.29 is 0 Å². The Labute approximate surface area is 123 Å². The van der Waals surface area contributed by atoms with Crippen LogP contribution < -0.4 is 5.32 Å². The predicted octanol–water partition coefficient (Wildman–Crippen LogP) is 5.50. The second kappa shape index (κ2) is 5.55. The Morgan fingerprint density at radius 3 is 2.59 bits per heavy atom. The summed E-state index contributed by atoms with van der Waals surface area (Å²) in [6.07, 6.45) is 0. The lowest BCUT2D eigenvalue weighted by molar-refractivity contribution is 1.17. The highest BCUT2D eigenvalue weighted by Gasteiger charge is 2.04. The zero-order chi connectivity index (χ0) is 12.4. The molecule has 0 fully saturated rings. The van der Waals surface area contributed by atoms with Crippen LogP contribution in [-0.4, -0.2) is 0 Å². The molecular formula is C13H13Br2NS. The summed E-state index contributed by atoms with van der Waals surface area (Å²) in [5.41, 5.74) is 3.78. The Morgan fingerprint density at radius 2 is 1.94 bits per heavy atom. The van der Waals surface area contributed by atoms with Gasteiger partial charge in [0.15, 0.2) is 0 Å². The third-order valence-corrected chi connectivity index (χ3v) is 5.80. The first-order chi connectivity index (χ1) is 8.06. The van der Waals surface area contributed by atoms with Gasteiger partial charge in [-0.15, -0.1) is 11.3 Å². The van der Waals surface area contributed by atoms with Crippen molar-refractivity contribution in [1.29, 1.82) is 0 Å². The normalized spacial score (nSPS) is 10.6. The Morgan fingerprint density at radius 1 is 1.18 bits per heavy atom. The fourth-order valence-electron chi connectivity index (χ4n) is 1.59. The lowest BCUT2D eigenvalue weighted by Crippen LogP contribution is -1.99. The van der Waals surface area contributed by atoms with Crippen molar-refractivity contribution in [1.82, 2.24) is 0 Å². The van der Waals surface area contributed by atoms with Crippen LogP contribution in [-0.2, 0) is 6.54 Å². The average molecular weight is 375 g/mol. The van der Waals surface area contributed by atoms with Crippen molar-refractivity contribution in [3.8, 4) is 0 Å². The van der Waals surface area contributed by atoms with Crippen LogP contribution in [0.5, 0.6) is 0 Å². The molecule has 1 aromatic heterocycles. The minimum Gasteiger partial charge on any atom is -0.380 e. The molecule has 0 spiro atoms. The van der Waals surface area contributed by atoms with Gasteiger partial charge < -0.3 is 5.32 Å². The van der Waals surface area contributed by atoms with Gasteiger partial charge in [-0.25, -0.2) is 0 Å². The maximum atomic E-state index is 3.51. The third kappa shape index (κ3) is 3.33. The number of hydrogen-bond acceptors (Lipinski definition) is 2. The Kier molecular flexibility index (Phi) is 4.28. The van der Waals surface area contributed by atoms with Crippen LogP contribution >= 0.6 is 43.2 Å². The standard InChI is InChI=1S/C13H13Br2NS/c1-8-3-4-9(2)12(5-8)16-7-10-6-11(14)13(15)17-10/h3-6,16H,7H2,1-2H3. The quantitative estimate of drug-likeness (QED) is 0.747.